The maximum absolute atomic E-state index is 6.01. The molecule has 0 aliphatic carbocycles. The Morgan fingerprint density at radius 3 is 2.42 bits per heavy atom. The highest BCUT2D eigenvalue weighted by atomic mass is 79.9. The van der Waals surface area contributed by atoms with Gasteiger partial charge in [-0.3, -0.25) is 0 Å². The fraction of sp³-hybridized carbons (Fsp3) is 0.200. The average Bonchev–Trinajstić information content (AvgIpc) is 2.41. The second-order valence-corrected chi connectivity index (χ2v) is 6.01. The van der Waals surface area contributed by atoms with Gasteiger partial charge in [-0.25, -0.2) is 0 Å². The second-order valence-electron chi connectivity index (χ2n) is 4.39. The highest BCUT2D eigenvalue weighted by molar-refractivity contribution is 9.10. The van der Waals surface area contributed by atoms with Crippen molar-refractivity contribution in [2.75, 3.05) is 11.9 Å². The van der Waals surface area contributed by atoms with E-state index in [0.717, 1.165) is 27.3 Å². The van der Waals surface area contributed by atoms with Gasteiger partial charge >= 0.3 is 0 Å². The number of benzene rings is 2. The van der Waals surface area contributed by atoms with E-state index in [1.165, 1.54) is 5.56 Å². The third-order valence-corrected chi connectivity index (χ3v) is 3.96. The molecule has 0 spiro atoms. The van der Waals surface area contributed by atoms with Crippen molar-refractivity contribution in [3.8, 4) is 0 Å². The molecule has 0 amide bonds. The monoisotopic (exact) mass is 357 g/mol. The van der Waals surface area contributed by atoms with Crippen molar-refractivity contribution in [3.63, 3.8) is 0 Å². The third-order valence-electron chi connectivity index (χ3n) is 2.93. The van der Waals surface area contributed by atoms with Gasteiger partial charge in [-0.05, 0) is 41.5 Å². The van der Waals surface area contributed by atoms with Gasteiger partial charge in [-0.2, -0.15) is 0 Å². The van der Waals surface area contributed by atoms with E-state index >= 15 is 0 Å². The molecule has 0 bridgehead atoms. The minimum absolute atomic E-state index is 0.500. The van der Waals surface area contributed by atoms with Crippen LogP contribution >= 0.6 is 39.1 Å². The van der Waals surface area contributed by atoms with E-state index in [0.29, 0.717) is 5.88 Å². The Bertz CT molecular complexity index is 555. The van der Waals surface area contributed by atoms with Crippen LogP contribution in [0.15, 0.2) is 46.9 Å². The zero-order chi connectivity index (χ0) is 13.8. The van der Waals surface area contributed by atoms with Crippen LogP contribution in [0.3, 0.4) is 0 Å². The van der Waals surface area contributed by atoms with Crippen molar-refractivity contribution < 1.29 is 0 Å². The highest BCUT2D eigenvalue weighted by Crippen LogP contribution is 2.26. The zero-order valence-electron chi connectivity index (χ0n) is 10.5. The molecule has 0 aliphatic heterocycles. The van der Waals surface area contributed by atoms with Gasteiger partial charge in [0.1, 0.15) is 0 Å². The zero-order valence-corrected chi connectivity index (χ0v) is 13.6. The van der Waals surface area contributed by atoms with Crippen LogP contribution in [0.1, 0.15) is 11.1 Å². The number of nitrogens with zero attached hydrogens (tertiary/aromatic N) is 1. The molecule has 0 fully saturated rings. The molecule has 0 atom stereocenters. The lowest BCUT2D eigenvalue weighted by atomic mass is 10.1. The second kappa shape index (κ2) is 6.65. The van der Waals surface area contributed by atoms with Gasteiger partial charge in [0.05, 0.1) is 0 Å². The first-order valence-electron chi connectivity index (χ1n) is 5.90. The van der Waals surface area contributed by atoms with E-state index in [4.69, 9.17) is 23.2 Å². The van der Waals surface area contributed by atoms with Gasteiger partial charge < -0.3 is 4.90 Å². The van der Waals surface area contributed by atoms with Gasteiger partial charge in [-0.15, -0.1) is 11.6 Å². The molecule has 0 radical (unpaired) electrons. The van der Waals surface area contributed by atoms with Crippen LogP contribution in [0.25, 0.3) is 0 Å². The lowest BCUT2D eigenvalue weighted by molar-refractivity contribution is 0.916. The smallest absolute Gasteiger partial charge is 0.0494 e. The first-order chi connectivity index (χ1) is 9.10. The van der Waals surface area contributed by atoms with Crippen LogP contribution < -0.4 is 4.90 Å². The minimum atomic E-state index is 0.500. The Morgan fingerprint density at radius 1 is 1.11 bits per heavy atom. The molecule has 0 unspecified atom stereocenters. The van der Waals surface area contributed by atoms with Crippen LogP contribution in [0, 0.1) is 0 Å². The summed E-state index contributed by atoms with van der Waals surface area (Å²) in [5.74, 6) is 0.500. The number of hydrogen-bond donors (Lipinski definition) is 0. The summed E-state index contributed by atoms with van der Waals surface area (Å²) < 4.78 is 1.05. The number of anilines is 1. The molecule has 100 valence electrons. The van der Waals surface area contributed by atoms with Gasteiger partial charge in [0.2, 0.25) is 0 Å². The third kappa shape index (κ3) is 3.88. The lowest BCUT2D eigenvalue weighted by Gasteiger charge is -2.22. The van der Waals surface area contributed by atoms with Crippen molar-refractivity contribution in [2.45, 2.75) is 12.4 Å². The first kappa shape index (κ1) is 14.7. The molecule has 2 rings (SSSR count). The number of hydrogen-bond acceptors (Lipinski definition) is 1. The molecule has 0 saturated carbocycles. The summed E-state index contributed by atoms with van der Waals surface area (Å²) in [5, 5.41) is 0.761. The van der Waals surface area contributed by atoms with Gasteiger partial charge in [-0.1, -0.05) is 39.7 Å². The van der Waals surface area contributed by atoms with E-state index in [9.17, 15) is 0 Å². The molecule has 0 heterocycles. The van der Waals surface area contributed by atoms with Gasteiger partial charge in [0, 0.05) is 34.7 Å². The van der Waals surface area contributed by atoms with Crippen molar-refractivity contribution >= 4 is 44.8 Å². The van der Waals surface area contributed by atoms with Crippen molar-refractivity contribution in [1.82, 2.24) is 0 Å². The molecule has 0 aromatic heterocycles. The van der Waals surface area contributed by atoms with E-state index < -0.39 is 0 Å². The molecule has 2 aromatic carbocycles. The van der Waals surface area contributed by atoms with Crippen molar-refractivity contribution in [2.24, 2.45) is 0 Å². The lowest BCUT2D eigenvalue weighted by Crippen LogP contribution is -2.17. The van der Waals surface area contributed by atoms with Crippen LogP contribution in [-0.2, 0) is 12.4 Å². The van der Waals surface area contributed by atoms with E-state index in [1.807, 2.05) is 30.3 Å². The molecule has 4 heteroatoms. The Balaban J connectivity index is 2.19. The number of rotatable bonds is 4. The maximum atomic E-state index is 6.01. The van der Waals surface area contributed by atoms with Crippen LogP contribution in [0.5, 0.6) is 0 Å². The summed E-state index contributed by atoms with van der Waals surface area (Å²) >= 11 is 15.4. The predicted molar refractivity (Wildman–Crippen MR) is 87.3 cm³/mol. The molecule has 1 nitrogen and oxygen atoms in total. The molecule has 19 heavy (non-hydrogen) atoms. The molecule has 0 N–H and O–H groups in total. The predicted octanol–water partition coefficient (Wildman–Crippen LogP) is 5.48. The molecule has 2 aromatic rings. The fourth-order valence-electron chi connectivity index (χ4n) is 1.98. The highest BCUT2D eigenvalue weighted by Gasteiger charge is 2.08. The molecular weight excluding hydrogens is 345 g/mol. The first-order valence-corrected chi connectivity index (χ1v) is 7.60. The average molecular weight is 359 g/mol. The standard InChI is InChI=1S/C15H14BrCl2N/c1-19(10-11-2-5-14(18)6-3-11)15-7-4-13(16)8-12(15)9-17/h2-8H,9-10H2,1H3. The Labute approximate surface area is 132 Å². The summed E-state index contributed by atoms with van der Waals surface area (Å²) in [6.45, 7) is 0.822. The van der Waals surface area contributed by atoms with Gasteiger partial charge in [0.15, 0.2) is 0 Å². The quantitative estimate of drug-likeness (QED) is 0.654. The number of alkyl halides is 1. The van der Waals surface area contributed by atoms with Gasteiger partial charge in [0.25, 0.3) is 0 Å². The van der Waals surface area contributed by atoms with E-state index in [1.54, 1.807) is 0 Å². The fourth-order valence-corrected chi connectivity index (χ4v) is 2.73. The van der Waals surface area contributed by atoms with Crippen LogP contribution in [-0.4, -0.2) is 7.05 Å². The van der Waals surface area contributed by atoms with Crippen molar-refractivity contribution in [3.05, 3.63) is 63.1 Å². The molecule has 0 aliphatic rings. The van der Waals surface area contributed by atoms with E-state index in [2.05, 4.69) is 40.0 Å². The SMILES string of the molecule is CN(Cc1ccc(Cl)cc1)c1ccc(Br)cc1CCl. The summed E-state index contributed by atoms with van der Waals surface area (Å²) in [6, 6.07) is 14.1. The maximum Gasteiger partial charge on any atom is 0.0494 e. The summed E-state index contributed by atoms with van der Waals surface area (Å²) in [5.41, 5.74) is 3.48. The Morgan fingerprint density at radius 2 is 1.79 bits per heavy atom. The molecule has 0 saturated heterocycles. The topological polar surface area (TPSA) is 3.24 Å². The summed E-state index contributed by atoms with van der Waals surface area (Å²) in [7, 11) is 2.06. The van der Waals surface area contributed by atoms with Crippen LogP contribution in [0.2, 0.25) is 5.02 Å². The number of halogens is 3. The van der Waals surface area contributed by atoms with Crippen molar-refractivity contribution in [1.29, 1.82) is 0 Å². The Hall–Kier alpha value is -0.700. The molecular formula is C15H14BrCl2N. The largest absolute Gasteiger partial charge is 0.370 e. The summed E-state index contributed by atoms with van der Waals surface area (Å²) in [6.07, 6.45) is 0. The summed E-state index contributed by atoms with van der Waals surface area (Å²) in [4.78, 5) is 2.19. The normalized spacial score (nSPS) is 10.5. The minimum Gasteiger partial charge on any atom is -0.370 e. The Kier molecular flexibility index (Phi) is 5.14. The van der Waals surface area contributed by atoms with E-state index in [-0.39, 0.29) is 0 Å². The van der Waals surface area contributed by atoms with Crippen LogP contribution in [0.4, 0.5) is 5.69 Å².